The van der Waals surface area contributed by atoms with E-state index in [0.717, 1.165) is 21.7 Å². The lowest BCUT2D eigenvalue weighted by atomic mass is 10.2. The molecule has 0 aliphatic rings. The Balaban J connectivity index is 1.68. The van der Waals surface area contributed by atoms with Crippen molar-refractivity contribution in [3.8, 4) is 11.5 Å². The van der Waals surface area contributed by atoms with E-state index < -0.39 is 22.5 Å². The van der Waals surface area contributed by atoms with E-state index >= 15 is 0 Å². The maximum atomic E-state index is 12.5. The molecule has 0 heterocycles. The molecule has 8 nitrogen and oxygen atoms in total. The number of halogens is 2. The van der Waals surface area contributed by atoms with E-state index in [-0.39, 0.29) is 0 Å². The molecule has 0 aliphatic heterocycles. The standard InChI is InChI=1S/C25H25BrClN3O5S/c1-17-6-4-5-7-22(17)30(36(3,32)33)15-24(31)29-28-14-19-12-21(26)25(23(13-19)34-2)35-16-18-8-10-20(27)11-9-18/h4-14H,15-16H2,1-3H3,(H,29,31)/b28-14-. The topological polar surface area (TPSA) is 97.3 Å². The van der Waals surface area contributed by atoms with Gasteiger partial charge in [0, 0.05) is 5.02 Å². The number of carbonyl (C=O) groups excluding carboxylic acids is 1. The molecule has 3 aromatic rings. The van der Waals surface area contributed by atoms with Gasteiger partial charge in [-0.1, -0.05) is 41.9 Å². The SMILES string of the molecule is COc1cc(/C=N\NC(=O)CN(c2ccccc2C)S(C)(=O)=O)cc(Br)c1OCc1ccc(Cl)cc1. The Bertz CT molecular complexity index is 1360. The highest BCUT2D eigenvalue weighted by atomic mass is 79.9. The zero-order chi connectivity index (χ0) is 26.3. The molecule has 36 heavy (non-hydrogen) atoms. The molecule has 0 aliphatic carbocycles. The predicted octanol–water partition coefficient (Wildman–Crippen LogP) is 4.91. The lowest BCUT2D eigenvalue weighted by Gasteiger charge is -2.23. The van der Waals surface area contributed by atoms with E-state index in [2.05, 4.69) is 26.5 Å². The van der Waals surface area contributed by atoms with Crippen molar-refractivity contribution in [2.75, 3.05) is 24.2 Å². The van der Waals surface area contributed by atoms with Crippen LogP contribution in [0.15, 0.2) is 70.2 Å². The lowest BCUT2D eigenvalue weighted by molar-refractivity contribution is -0.119. The van der Waals surface area contributed by atoms with E-state index in [0.29, 0.717) is 38.9 Å². The van der Waals surface area contributed by atoms with Crippen molar-refractivity contribution in [2.45, 2.75) is 13.5 Å². The Morgan fingerprint density at radius 3 is 2.50 bits per heavy atom. The molecule has 0 radical (unpaired) electrons. The van der Waals surface area contributed by atoms with Crippen LogP contribution < -0.4 is 19.2 Å². The smallest absolute Gasteiger partial charge is 0.260 e. The van der Waals surface area contributed by atoms with Gasteiger partial charge in [-0.15, -0.1) is 0 Å². The zero-order valence-corrected chi connectivity index (χ0v) is 23.0. The monoisotopic (exact) mass is 593 g/mol. The van der Waals surface area contributed by atoms with Crippen LogP contribution in [0.1, 0.15) is 16.7 Å². The molecule has 0 atom stereocenters. The molecule has 0 saturated heterocycles. The van der Waals surface area contributed by atoms with Gasteiger partial charge in [-0.25, -0.2) is 13.8 Å². The van der Waals surface area contributed by atoms with Crippen LogP contribution >= 0.6 is 27.5 Å². The molecule has 1 N–H and O–H groups in total. The summed E-state index contributed by atoms with van der Waals surface area (Å²) in [6.07, 6.45) is 2.48. The molecule has 3 rings (SSSR count). The van der Waals surface area contributed by atoms with Gasteiger partial charge >= 0.3 is 0 Å². The van der Waals surface area contributed by atoms with Gasteiger partial charge in [-0.2, -0.15) is 5.10 Å². The van der Waals surface area contributed by atoms with Gasteiger partial charge in [0.2, 0.25) is 10.0 Å². The van der Waals surface area contributed by atoms with Crippen molar-refractivity contribution in [1.29, 1.82) is 0 Å². The van der Waals surface area contributed by atoms with Gasteiger partial charge in [0.1, 0.15) is 13.2 Å². The number of carbonyl (C=O) groups is 1. The summed E-state index contributed by atoms with van der Waals surface area (Å²) in [6.45, 7) is 1.68. The second-order valence-corrected chi connectivity index (χ2v) is 11.0. The number of amides is 1. The van der Waals surface area contributed by atoms with Crippen molar-refractivity contribution in [2.24, 2.45) is 5.10 Å². The van der Waals surface area contributed by atoms with Crippen LogP contribution in [0.25, 0.3) is 0 Å². The first kappa shape index (κ1) is 27.5. The highest BCUT2D eigenvalue weighted by Gasteiger charge is 2.22. The maximum Gasteiger partial charge on any atom is 0.260 e. The molecule has 11 heteroatoms. The zero-order valence-electron chi connectivity index (χ0n) is 19.9. The van der Waals surface area contributed by atoms with Crippen molar-refractivity contribution in [3.05, 3.63) is 86.8 Å². The molecular weight excluding hydrogens is 570 g/mol. The number of para-hydroxylation sites is 1. The third-order valence-corrected chi connectivity index (χ3v) is 6.99. The van der Waals surface area contributed by atoms with Gasteiger partial charge in [0.25, 0.3) is 5.91 Å². The lowest BCUT2D eigenvalue weighted by Crippen LogP contribution is -2.39. The second kappa shape index (κ2) is 12.2. The van der Waals surface area contributed by atoms with Crippen LogP contribution in [0.5, 0.6) is 11.5 Å². The number of sulfonamides is 1. The summed E-state index contributed by atoms with van der Waals surface area (Å²) >= 11 is 9.41. The number of ether oxygens (including phenoxy) is 2. The number of rotatable bonds is 10. The summed E-state index contributed by atoms with van der Waals surface area (Å²) in [5.74, 6) is 0.387. The molecule has 0 bridgehead atoms. The van der Waals surface area contributed by atoms with Gasteiger partial charge in [-0.05, 0) is 69.9 Å². The summed E-state index contributed by atoms with van der Waals surface area (Å²) in [5.41, 5.74) is 5.10. The summed E-state index contributed by atoms with van der Waals surface area (Å²) in [4.78, 5) is 12.5. The first-order valence-corrected chi connectivity index (χ1v) is 13.7. The van der Waals surface area contributed by atoms with E-state index in [1.54, 1.807) is 55.5 Å². The third-order valence-electron chi connectivity index (χ3n) is 5.02. The summed E-state index contributed by atoms with van der Waals surface area (Å²) in [5, 5.41) is 4.61. The van der Waals surface area contributed by atoms with Crippen molar-refractivity contribution < 1.29 is 22.7 Å². The fourth-order valence-electron chi connectivity index (χ4n) is 3.26. The first-order chi connectivity index (χ1) is 17.1. The number of hydrogen-bond acceptors (Lipinski definition) is 6. The number of methoxy groups -OCH3 is 1. The number of nitrogens with one attached hydrogen (secondary N) is 1. The van der Waals surface area contributed by atoms with Crippen LogP contribution in [-0.2, 0) is 21.4 Å². The van der Waals surface area contributed by atoms with Crippen molar-refractivity contribution in [1.82, 2.24) is 5.43 Å². The minimum absolute atomic E-state index is 0.313. The normalized spacial score (nSPS) is 11.4. The molecule has 0 fully saturated rings. The maximum absolute atomic E-state index is 12.5. The first-order valence-electron chi connectivity index (χ1n) is 10.7. The van der Waals surface area contributed by atoms with E-state index in [4.69, 9.17) is 21.1 Å². The van der Waals surface area contributed by atoms with Crippen LogP contribution in [0.3, 0.4) is 0 Å². The minimum atomic E-state index is -3.68. The fourth-order valence-corrected chi connectivity index (χ4v) is 4.87. The van der Waals surface area contributed by atoms with Gasteiger partial charge in [0.15, 0.2) is 11.5 Å². The Labute approximate surface area is 224 Å². The number of hydrazone groups is 1. The molecule has 1 amide bonds. The molecule has 0 spiro atoms. The van der Waals surface area contributed by atoms with E-state index in [9.17, 15) is 13.2 Å². The largest absolute Gasteiger partial charge is 0.493 e. The van der Waals surface area contributed by atoms with Gasteiger partial charge in [0.05, 0.1) is 29.7 Å². The Hall–Kier alpha value is -3.08. The summed E-state index contributed by atoms with van der Waals surface area (Å²) in [7, 11) is -2.16. The average Bonchev–Trinajstić information content (AvgIpc) is 2.82. The van der Waals surface area contributed by atoms with Crippen LogP contribution in [0, 0.1) is 6.92 Å². The Morgan fingerprint density at radius 1 is 1.17 bits per heavy atom. The molecule has 0 unspecified atom stereocenters. The third kappa shape index (κ3) is 7.46. The van der Waals surface area contributed by atoms with Gasteiger partial charge < -0.3 is 9.47 Å². The predicted molar refractivity (Wildman–Crippen MR) is 146 cm³/mol. The quantitative estimate of drug-likeness (QED) is 0.266. The van der Waals surface area contributed by atoms with Crippen molar-refractivity contribution >= 4 is 55.4 Å². The molecule has 0 aromatic heterocycles. The Morgan fingerprint density at radius 2 is 1.86 bits per heavy atom. The van der Waals surface area contributed by atoms with Crippen molar-refractivity contribution in [3.63, 3.8) is 0 Å². The number of aryl methyl sites for hydroxylation is 1. The van der Waals surface area contributed by atoms with E-state index in [1.807, 2.05) is 12.1 Å². The molecule has 0 saturated carbocycles. The molecule has 3 aromatic carbocycles. The highest BCUT2D eigenvalue weighted by Crippen LogP contribution is 2.37. The minimum Gasteiger partial charge on any atom is -0.493 e. The van der Waals surface area contributed by atoms with Gasteiger partial charge in [-0.3, -0.25) is 9.10 Å². The number of nitrogens with zero attached hydrogens (tertiary/aromatic N) is 2. The van der Waals surface area contributed by atoms with E-state index in [1.165, 1.54) is 13.3 Å². The van der Waals surface area contributed by atoms with Crippen LogP contribution in [0.4, 0.5) is 5.69 Å². The van der Waals surface area contributed by atoms with Crippen LogP contribution in [-0.4, -0.2) is 40.4 Å². The highest BCUT2D eigenvalue weighted by molar-refractivity contribution is 9.10. The second-order valence-electron chi connectivity index (χ2n) is 7.80. The molecular formula is C25H25BrClN3O5S. The summed E-state index contributed by atoms with van der Waals surface area (Å²) < 4.78 is 37.6. The molecule has 190 valence electrons. The number of anilines is 1. The number of hydrogen-bond donors (Lipinski definition) is 1. The average molecular weight is 595 g/mol. The summed E-state index contributed by atoms with van der Waals surface area (Å²) in [6, 6.07) is 17.7. The fraction of sp³-hybridized carbons (Fsp3) is 0.200. The van der Waals surface area contributed by atoms with Crippen LogP contribution in [0.2, 0.25) is 5.02 Å². The Kier molecular flexibility index (Phi) is 9.36. The number of benzene rings is 3.